The predicted octanol–water partition coefficient (Wildman–Crippen LogP) is 2.70. The molecule has 0 saturated carbocycles. The fourth-order valence-electron chi connectivity index (χ4n) is 1.65. The van der Waals surface area contributed by atoms with Crippen LogP contribution in [-0.2, 0) is 16.0 Å². The molecular weight excluding hydrogens is 208 g/mol. The zero-order valence-corrected chi connectivity index (χ0v) is 9.56. The maximum Gasteiger partial charge on any atom is 0.334 e. The fourth-order valence-corrected chi connectivity index (χ4v) is 2.63. The highest BCUT2D eigenvalue weighted by molar-refractivity contribution is 8.02. The molecule has 0 radical (unpaired) electrons. The van der Waals surface area contributed by atoms with Crippen LogP contribution in [0, 0.1) is 6.92 Å². The van der Waals surface area contributed by atoms with Crippen molar-refractivity contribution in [3.05, 3.63) is 40.3 Å². The molecule has 15 heavy (non-hydrogen) atoms. The van der Waals surface area contributed by atoms with Gasteiger partial charge in [0.25, 0.3) is 0 Å². The lowest BCUT2D eigenvalue weighted by Gasteiger charge is -2.16. The number of carbonyl (C=O) groups is 1. The van der Waals surface area contributed by atoms with E-state index in [-0.39, 0.29) is 5.97 Å². The van der Waals surface area contributed by atoms with E-state index in [9.17, 15) is 4.79 Å². The summed E-state index contributed by atoms with van der Waals surface area (Å²) in [4.78, 5) is 12.6. The van der Waals surface area contributed by atoms with Crippen molar-refractivity contribution in [2.45, 2.75) is 18.2 Å². The highest BCUT2D eigenvalue weighted by Gasteiger charge is 2.18. The Morgan fingerprint density at radius 1 is 1.47 bits per heavy atom. The van der Waals surface area contributed by atoms with Gasteiger partial charge in [0.1, 0.15) is 0 Å². The Kier molecular flexibility index (Phi) is 2.82. The summed E-state index contributed by atoms with van der Waals surface area (Å²) in [6.45, 7) is 2.09. The Labute approximate surface area is 93.3 Å². The van der Waals surface area contributed by atoms with E-state index in [0.717, 1.165) is 5.57 Å². The second-order valence-electron chi connectivity index (χ2n) is 3.49. The molecule has 0 fully saturated rings. The molecule has 1 aromatic rings. The van der Waals surface area contributed by atoms with E-state index in [1.54, 1.807) is 11.8 Å². The van der Waals surface area contributed by atoms with Crippen LogP contribution in [0.2, 0.25) is 0 Å². The normalized spacial score (nSPS) is 14.1. The van der Waals surface area contributed by atoms with Crippen LogP contribution in [-0.4, -0.2) is 13.1 Å². The number of fused-ring (bicyclic) bond motifs is 1. The monoisotopic (exact) mass is 220 g/mol. The third kappa shape index (κ3) is 1.92. The second kappa shape index (κ2) is 4.11. The van der Waals surface area contributed by atoms with Gasteiger partial charge in [0, 0.05) is 16.9 Å². The van der Waals surface area contributed by atoms with Gasteiger partial charge in [-0.1, -0.05) is 30.0 Å². The molecule has 0 amide bonds. The Morgan fingerprint density at radius 2 is 2.27 bits per heavy atom. The molecule has 1 aliphatic rings. The number of aryl methyl sites for hydroxylation is 1. The molecule has 78 valence electrons. The first kappa shape index (κ1) is 10.3. The summed E-state index contributed by atoms with van der Waals surface area (Å²) < 4.78 is 4.71. The van der Waals surface area contributed by atoms with Crippen LogP contribution in [0.3, 0.4) is 0 Å². The first-order valence-corrected chi connectivity index (χ1v) is 5.63. The third-order valence-corrected chi connectivity index (χ3v) is 3.66. The molecule has 0 aliphatic carbocycles. The van der Waals surface area contributed by atoms with Crippen LogP contribution < -0.4 is 0 Å². The molecule has 0 bridgehead atoms. The van der Waals surface area contributed by atoms with E-state index in [1.807, 2.05) is 11.5 Å². The minimum atomic E-state index is -0.227. The van der Waals surface area contributed by atoms with Crippen LogP contribution in [0.15, 0.2) is 34.1 Å². The number of methoxy groups -OCH3 is 1. The highest BCUT2D eigenvalue weighted by Crippen LogP contribution is 2.34. The van der Waals surface area contributed by atoms with Crippen molar-refractivity contribution in [3.8, 4) is 0 Å². The van der Waals surface area contributed by atoms with Gasteiger partial charge < -0.3 is 4.74 Å². The summed E-state index contributed by atoms with van der Waals surface area (Å²) in [5, 5.41) is 1.89. The van der Waals surface area contributed by atoms with Gasteiger partial charge in [-0.25, -0.2) is 4.79 Å². The van der Waals surface area contributed by atoms with Gasteiger partial charge in [0.2, 0.25) is 0 Å². The maximum absolute atomic E-state index is 11.4. The smallest absolute Gasteiger partial charge is 0.334 e. The van der Waals surface area contributed by atoms with E-state index in [4.69, 9.17) is 4.74 Å². The molecule has 1 aliphatic heterocycles. The molecule has 0 atom stereocenters. The molecule has 1 heterocycles. The molecule has 1 aromatic carbocycles. The average Bonchev–Trinajstić information content (AvgIpc) is 2.28. The lowest BCUT2D eigenvalue weighted by molar-refractivity contribution is -0.136. The van der Waals surface area contributed by atoms with Crippen molar-refractivity contribution < 1.29 is 9.53 Å². The maximum atomic E-state index is 11.4. The molecular formula is C12H12O2S. The van der Waals surface area contributed by atoms with Gasteiger partial charge in [-0.15, -0.1) is 0 Å². The van der Waals surface area contributed by atoms with Gasteiger partial charge >= 0.3 is 5.97 Å². The van der Waals surface area contributed by atoms with Crippen LogP contribution in [0.25, 0.3) is 0 Å². The zero-order chi connectivity index (χ0) is 10.8. The number of thioether (sulfide) groups is 1. The standard InChI is InChI=1S/C12H12O2S/c1-8-4-3-5-9-6-10(12(13)14-2)7-15-11(8)9/h3-5,7H,6H2,1-2H3. The average molecular weight is 220 g/mol. The molecule has 0 N–H and O–H groups in total. The molecule has 3 heteroatoms. The van der Waals surface area contributed by atoms with Crippen molar-refractivity contribution >= 4 is 17.7 Å². The summed E-state index contributed by atoms with van der Waals surface area (Å²) in [6.07, 6.45) is 0.677. The van der Waals surface area contributed by atoms with Gasteiger partial charge in [-0.3, -0.25) is 0 Å². The number of carbonyl (C=O) groups excluding carboxylic acids is 1. The molecule has 2 nitrogen and oxygen atoms in total. The molecule has 2 rings (SSSR count). The Morgan fingerprint density at radius 3 is 3.00 bits per heavy atom. The number of hydrogen-bond donors (Lipinski definition) is 0. The molecule has 0 spiro atoms. The van der Waals surface area contributed by atoms with E-state index < -0.39 is 0 Å². The summed E-state index contributed by atoms with van der Waals surface area (Å²) in [5.41, 5.74) is 3.21. The molecule has 0 aromatic heterocycles. The van der Waals surface area contributed by atoms with Crippen LogP contribution >= 0.6 is 11.8 Å². The lowest BCUT2D eigenvalue weighted by atomic mass is 10.0. The predicted molar refractivity (Wildman–Crippen MR) is 60.8 cm³/mol. The van der Waals surface area contributed by atoms with E-state index in [2.05, 4.69) is 19.1 Å². The minimum Gasteiger partial charge on any atom is -0.466 e. The number of benzene rings is 1. The van der Waals surface area contributed by atoms with Gasteiger partial charge in [-0.2, -0.15) is 0 Å². The SMILES string of the molecule is COC(=O)C1=CSc2c(C)cccc2C1. The Balaban J connectivity index is 2.31. The molecule has 0 saturated heterocycles. The number of hydrogen-bond acceptors (Lipinski definition) is 3. The van der Waals surface area contributed by atoms with Gasteiger partial charge in [0.05, 0.1) is 7.11 Å². The molecule has 0 unspecified atom stereocenters. The quantitative estimate of drug-likeness (QED) is 0.681. The van der Waals surface area contributed by atoms with E-state index in [1.165, 1.54) is 23.1 Å². The zero-order valence-electron chi connectivity index (χ0n) is 8.74. The summed E-state index contributed by atoms with van der Waals surface area (Å²) in [5.74, 6) is -0.227. The highest BCUT2D eigenvalue weighted by atomic mass is 32.2. The summed E-state index contributed by atoms with van der Waals surface area (Å²) in [6, 6.07) is 6.17. The third-order valence-electron chi connectivity index (χ3n) is 2.44. The topological polar surface area (TPSA) is 26.3 Å². The second-order valence-corrected chi connectivity index (χ2v) is 4.37. The largest absolute Gasteiger partial charge is 0.466 e. The van der Waals surface area contributed by atoms with Crippen LogP contribution in [0.4, 0.5) is 0 Å². The van der Waals surface area contributed by atoms with Crippen molar-refractivity contribution in [1.29, 1.82) is 0 Å². The van der Waals surface area contributed by atoms with Crippen LogP contribution in [0.5, 0.6) is 0 Å². The number of rotatable bonds is 1. The first-order valence-electron chi connectivity index (χ1n) is 4.75. The van der Waals surface area contributed by atoms with Crippen molar-refractivity contribution in [2.24, 2.45) is 0 Å². The lowest BCUT2D eigenvalue weighted by Crippen LogP contribution is -2.10. The Bertz CT molecular complexity index is 435. The van der Waals surface area contributed by atoms with Gasteiger partial charge in [-0.05, 0) is 23.5 Å². The van der Waals surface area contributed by atoms with Crippen molar-refractivity contribution in [2.75, 3.05) is 7.11 Å². The fraction of sp³-hybridized carbons (Fsp3) is 0.250. The summed E-state index contributed by atoms with van der Waals surface area (Å²) in [7, 11) is 1.42. The van der Waals surface area contributed by atoms with Crippen molar-refractivity contribution in [1.82, 2.24) is 0 Å². The first-order chi connectivity index (χ1) is 7.22. The van der Waals surface area contributed by atoms with E-state index >= 15 is 0 Å². The van der Waals surface area contributed by atoms with Gasteiger partial charge in [0.15, 0.2) is 0 Å². The van der Waals surface area contributed by atoms with Crippen molar-refractivity contribution in [3.63, 3.8) is 0 Å². The Hall–Kier alpha value is -1.22. The van der Waals surface area contributed by atoms with E-state index in [0.29, 0.717) is 6.42 Å². The number of ether oxygens (including phenoxy) is 1. The minimum absolute atomic E-state index is 0.227. The summed E-state index contributed by atoms with van der Waals surface area (Å²) >= 11 is 1.60. The van der Waals surface area contributed by atoms with Crippen LogP contribution in [0.1, 0.15) is 11.1 Å². The number of esters is 1.